The normalized spacial score (nSPS) is 13.8. The lowest BCUT2D eigenvalue weighted by atomic mass is 9.89. The first-order valence-corrected chi connectivity index (χ1v) is 6.73. The van der Waals surface area contributed by atoms with Crippen molar-refractivity contribution in [1.82, 2.24) is 15.1 Å². The Bertz CT molecular complexity index is 347. The van der Waals surface area contributed by atoms with Crippen LogP contribution >= 0.6 is 0 Å². The van der Waals surface area contributed by atoms with Crippen molar-refractivity contribution in [2.24, 2.45) is 5.41 Å². The van der Waals surface area contributed by atoms with E-state index in [1.54, 1.807) is 7.11 Å². The van der Waals surface area contributed by atoms with E-state index in [4.69, 9.17) is 4.74 Å². The van der Waals surface area contributed by atoms with Gasteiger partial charge in [-0.2, -0.15) is 5.10 Å². The Morgan fingerprint density at radius 3 is 2.78 bits per heavy atom. The molecule has 0 spiro atoms. The highest BCUT2D eigenvalue weighted by atomic mass is 16.5. The summed E-state index contributed by atoms with van der Waals surface area (Å²) in [5.74, 6) is 0. The van der Waals surface area contributed by atoms with Crippen LogP contribution in [-0.4, -0.2) is 30.0 Å². The van der Waals surface area contributed by atoms with E-state index in [0.29, 0.717) is 6.04 Å². The summed E-state index contributed by atoms with van der Waals surface area (Å²) in [5.41, 5.74) is 1.50. The maximum absolute atomic E-state index is 5.15. The van der Waals surface area contributed by atoms with Gasteiger partial charge in [-0.05, 0) is 25.7 Å². The van der Waals surface area contributed by atoms with Crippen LogP contribution in [0.1, 0.15) is 45.7 Å². The van der Waals surface area contributed by atoms with Gasteiger partial charge < -0.3 is 10.1 Å². The van der Waals surface area contributed by atoms with Crippen molar-refractivity contribution >= 4 is 0 Å². The lowest BCUT2D eigenvalue weighted by molar-refractivity contribution is 0.149. The molecule has 104 valence electrons. The first-order valence-electron chi connectivity index (χ1n) is 6.73. The van der Waals surface area contributed by atoms with Crippen molar-refractivity contribution in [3.63, 3.8) is 0 Å². The Kier molecular flexibility index (Phi) is 5.82. The molecule has 4 nitrogen and oxygen atoms in total. The van der Waals surface area contributed by atoms with Crippen molar-refractivity contribution in [3.8, 4) is 0 Å². The minimum Gasteiger partial charge on any atom is -0.385 e. The highest BCUT2D eigenvalue weighted by molar-refractivity contribution is 5.09. The third-order valence-electron chi connectivity index (χ3n) is 3.35. The average Bonchev–Trinajstić information content (AvgIpc) is 2.82. The van der Waals surface area contributed by atoms with E-state index < -0.39 is 0 Å². The van der Waals surface area contributed by atoms with Gasteiger partial charge >= 0.3 is 0 Å². The zero-order chi connectivity index (χ0) is 13.6. The van der Waals surface area contributed by atoms with Gasteiger partial charge in [-0.3, -0.25) is 4.68 Å². The lowest BCUT2D eigenvalue weighted by Crippen LogP contribution is -2.32. The predicted molar refractivity (Wildman–Crippen MR) is 74.6 cm³/mol. The molecule has 0 saturated carbocycles. The van der Waals surface area contributed by atoms with Crippen molar-refractivity contribution in [1.29, 1.82) is 0 Å². The largest absolute Gasteiger partial charge is 0.385 e. The van der Waals surface area contributed by atoms with Gasteiger partial charge in [0.05, 0.1) is 6.20 Å². The van der Waals surface area contributed by atoms with E-state index in [1.165, 1.54) is 5.56 Å². The molecule has 1 N–H and O–H groups in total. The second kappa shape index (κ2) is 6.90. The molecule has 1 unspecified atom stereocenters. The number of aryl methyl sites for hydroxylation is 1. The summed E-state index contributed by atoms with van der Waals surface area (Å²) in [5, 5.41) is 7.88. The van der Waals surface area contributed by atoms with Gasteiger partial charge in [0.2, 0.25) is 0 Å². The second-order valence-corrected chi connectivity index (χ2v) is 5.64. The van der Waals surface area contributed by atoms with Gasteiger partial charge in [-0.1, -0.05) is 13.8 Å². The summed E-state index contributed by atoms with van der Waals surface area (Å²) in [4.78, 5) is 0. The SMILES string of the molecule is CCn1cc(C(C)NCC(C)(C)CCOC)cn1. The number of hydrogen-bond donors (Lipinski definition) is 1. The molecule has 1 atom stereocenters. The van der Waals surface area contributed by atoms with E-state index in [9.17, 15) is 0 Å². The standard InChI is InChI=1S/C14H27N3O/c1-6-17-10-13(9-16-17)12(2)15-11-14(3,4)7-8-18-5/h9-10,12,15H,6-8,11H2,1-5H3. The van der Waals surface area contributed by atoms with Gasteiger partial charge in [0.1, 0.15) is 0 Å². The van der Waals surface area contributed by atoms with E-state index in [-0.39, 0.29) is 5.41 Å². The molecule has 18 heavy (non-hydrogen) atoms. The summed E-state index contributed by atoms with van der Waals surface area (Å²) in [6, 6.07) is 0.340. The minimum atomic E-state index is 0.255. The fraction of sp³-hybridized carbons (Fsp3) is 0.786. The van der Waals surface area contributed by atoms with E-state index in [2.05, 4.69) is 44.3 Å². The molecule has 0 aliphatic heterocycles. The third-order valence-corrected chi connectivity index (χ3v) is 3.35. The molecular formula is C14H27N3O. The number of rotatable bonds is 8. The van der Waals surface area contributed by atoms with Crippen molar-refractivity contribution in [2.45, 2.75) is 46.7 Å². The summed E-state index contributed by atoms with van der Waals surface area (Å²) < 4.78 is 7.11. The maximum atomic E-state index is 5.15. The first-order chi connectivity index (χ1) is 8.48. The highest BCUT2D eigenvalue weighted by Gasteiger charge is 2.19. The van der Waals surface area contributed by atoms with E-state index >= 15 is 0 Å². The Labute approximate surface area is 111 Å². The number of nitrogens with one attached hydrogen (secondary N) is 1. The van der Waals surface area contributed by atoms with Crippen LogP contribution in [0.5, 0.6) is 0 Å². The van der Waals surface area contributed by atoms with Crippen molar-refractivity contribution in [2.75, 3.05) is 20.3 Å². The predicted octanol–water partition coefficient (Wildman–Crippen LogP) is 2.62. The molecule has 0 fully saturated rings. The Hall–Kier alpha value is -0.870. The molecule has 1 rings (SSSR count). The van der Waals surface area contributed by atoms with Crippen LogP contribution in [0.2, 0.25) is 0 Å². The maximum Gasteiger partial charge on any atom is 0.0537 e. The number of methoxy groups -OCH3 is 1. The molecule has 1 aromatic heterocycles. The molecule has 0 aliphatic rings. The zero-order valence-electron chi connectivity index (χ0n) is 12.4. The number of aromatic nitrogens is 2. The van der Waals surface area contributed by atoms with Gasteiger partial charge in [-0.15, -0.1) is 0 Å². The molecule has 0 aliphatic carbocycles. The van der Waals surface area contributed by atoms with E-state index in [1.807, 2.05) is 10.9 Å². The monoisotopic (exact) mass is 253 g/mol. The molecule has 0 amide bonds. The summed E-state index contributed by atoms with van der Waals surface area (Å²) in [7, 11) is 1.76. The topological polar surface area (TPSA) is 39.1 Å². The molecule has 4 heteroatoms. The van der Waals surface area contributed by atoms with Crippen LogP contribution in [0.25, 0.3) is 0 Å². The average molecular weight is 253 g/mol. The van der Waals surface area contributed by atoms with Crippen LogP contribution in [-0.2, 0) is 11.3 Å². The third kappa shape index (κ3) is 4.78. The number of nitrogens with zero attached hydrogens (tertiary/aromatic N) is 2. The van der Waals surface area contributed by atoms with Gasteiger partial charge in [0, 0.05) is 44.6 Å². The molecule has 1 heterocycles. The van der Waals surface area contributed by atoms with E-state index in [0.717, 1.165) is 26.1 Å². The van der Waals surface area contributed by atoms with Crippen LogP contribution in [0, 0.1) is 5.41 Å². The highest BCUT2D eigenvalue weighted by Crippen LogP contribution is 2.21. The molecule has 0 bridgehead atoms. The lowest BCUT2D eigenvalue weighted by Gasteiger charge is -2.26. The second-order valence-electron chi connectivity index (χ2n) is 5.64. The Morgan fingerprint density at radius 1 is 1.50 bits per heavy atom. The van der Waals surface area contributed by atoms with Crippen molar-refractivity contribution < 1.29 is 4.74 Å². The van der Waals surface area contributed by atoms with Crippen LogP contribution in [0.3, 0.4) is 0 Å². The molecule has 0 saturated heterocycles. The molecular weight excluding hydrogens is 226 g/mol. The summed E-state index contributed by atoms with van der Waals surface area (Å²) in [6.45, 7) is 11.5. The van der Waals surface area contributed by atoms with Gasteiger partial charge in [0.25, 0.3) is 0 Å². The summed E-state index contributed by atoms with van der Waals surface area (Å²) in [6.07, 6.45) is 5.13. The van der Waals surface area contributed by atoms with Crippen LogP contribution in [0.15, 0.2) is 12.4 Å². The molecule has 0 radical (unpaired) electrons. The Morgan fingerprint density at radius 2 is 2.22 bits per heavy atom. The minimum absolute atomic E-state index is 0.255. The number of hydrogen-bond acceptors (Lipinski definition) is 3. The molecule has 1 aromatic rings. The summed E-state index contributed by atoms with van der Waals surface area (Å²) >= 11 is 0. The van der Waals surface area contributed by atoms with Gasteiger partial charge in [-0.25, -0.2) is 0 Å². The smallest absolute Gasteiger partial charge is 0.0537 e. The number of ether oxygens (including phenoxy) is 1. The van der Waals surface area contributed by atoms with Crippen LogP contribution < -0.4 is 5.32 Å². The fourth-order valence-corrected chi connectivity index (χ4v) is 1.79. The fourth-order valence-electron chi connectivity index (χ4n) is 1.79. The molecule has 0 aromatic carbocycles. The van der Waals surface area contributed by atoms with Crippen molar-refractivity contribution in [3.05, 3.63) is 18.0 Å². The quantitative estimate of drug-likeness (QED) is 0.774. The Balaban J connectivity index is 2.42. The first kappa shape index (κ1) is 15.2. The van der Waals surface area contributed by atoms with Crippen LogP contribution in [0.4, 0.5) is 0 Å². The van der Waals surface area contributed by atoms with Gasteiger partial charge in [0.15, 0.2) is 0 Å². The zero-order valence-corrected chi connectivity index (χ0v) is 12.4.